The Kier molecular flexibility index (Phi) is 5.34. The highest BCUT2D eigenvalue weighted by Gasteiger charge is 2.26. The first kappa shape index (κ1) is 17.4. The molecular formula is C20H25N3O2. The van der Waals surface area contributed by atoms with Crippen LogP contribution in [0.3, 0.4) is 0 Å². The standard InChI is InChI=1S/C20H25N3O2/c1-14-8-18(20(24)23-7-5-16(10-21)12-23)9-15(2)19(14)25-13-17-4-3-6-22-11-17/h3-4,6,8-9,11,16H,5,7,10,12-13,21H2,1-2H3. The average Bonchev–Trinajstić information content (AvgIpc) is 3.10. The molecule has 0 aliphatic carbocycles. The molecule has 1 aliphatic heterocycles. The van der Waals surface area contributed by atoms with Gasteiger partial charge in [0.1, 0.15) is 12.4 Å². The van der Waals surface area contributed by atoms with E-state index in [4.69, 9.17) is 10.5 Å². The van der Waals surface area contributed by atoms with Crippen LogP contribution < -0.4 is 10.5 Å². The van der Waals surface area contributed by atoms with E-state index in [9.17, 15) is 4.79 Å². The molecule has 1 aliphatic rings. The lowest BCUT2D eigenvalue weighted by molar-refractivity contribution is 0.0787. The number of carbonyl (C=O) groups excluding carboxylic acids is 1. The molecule has 2 aromatic rings. The number of amides is 1. The summed E-state index contributed by atoms with van der Waals surface area (Å²) in [5.41, 5.74) is 9.42. The molecule has 1 aromatic carbocycles. The van der Waals surface area contributed by atoms with Crippen molar-refractivity contribution >= 4 is 5.91 Å². The van der Waals surface area contributed by atoms with E-state index in [1.807, 2.05) is 43.0 Å². The number of carbonyl (C=O) groups is 1. The second-order valence-corrected chi connectivity index (χ2v) is 6.73. The summed E-state index contributed by atoms with van der Waals surface area (Å²) in [6, 6.07) is 7.72. The number of nitrogens with zero attached hydrogens (tertiary/aromatic N) is 2. The van der Waals surface area contributed by atoms with Crippen molar-refractivity contribution in [2.24, 2.45) is 11.7 Å². The van der Waals surface area contributed by atoms with Gasteiger partial charge in [-0.3, -0.25) is 9.78 Å². The summed E-state index contributed by atoms with van der Waals surface area (Å²) in [5.74, 6) is 1.34. The van der Waals surface area contributed by atoms with E-state index in [1.165, 1.54) is 0 Å². The lowest BCUT2D eigenvalue weighted by Gasteiger charge is -2.19. The van der Waals surface area contributed by atoms with Crippen molar-refractivity contribution in [1.82, 2.24) is 9.88 Å². The zero-order valence-electron chi connectivity index (χ0n) is 14.9. The number of likely N-dealkylation sites (tertiary alicyclic amines) is 1. The van der Waals surface area contributed by atoms with Crippen molar-refractivity contribution in [1.29, 1.82) is 0 Å². The Bertz CT molecular complexity index is 723. The van der Waals surface area contributed by atoms with Gasteiger partial charge in [-0.1, -0.05) is 6.07 Å². The molecule has 0 radical (unpaired) electrons. The number of ether oxygens (including phenoxy) is 1. The summed E-state index contributed by atoms with van der Waals surface area (Å²) < 4.78 is 5.97. The van der Waals surface area contributed by atoms with Gasteiger partial charge in [0.25, 0.3) is 5.91 Å². The second-order valence-electron chi connectivity index (χ2n) is 6.73. The summed E-state index contributed by atoms with van der Waals surface area (Å²) in [5, 5.41) is 0. The topological polar surface area (TPSA) is 68.5 Å². The van der Waals surface area contributed by atoms with Crippen molar-refractivity contribution < 1.29 is 9.53 Å². The van der Waals surface area contributed by atoms with Crippen LogP contribution in [0.5, 0.6) is 5.75 Å². The molecule has 1 amide bonds. The Morgan fingerprint density at radius 1 is 1.36 bits per heavy atom. The molecule has 25 heavy (non-hydrogen) atoms. The molecule has 5 heteroatoms. The fourth-order valence-corrected chi connectivity index (χ4v) is 3.33. The van der Waals surface area contributed by atoms with E-state index in [-0.39, 0.29) is 5.91 Å². The third-order valence-corrected chi connectivity index (χ3v) is 4.72. The first-order valence-electron chi connectivity index (χ1n) is 8.70. The van der Waals surface area contributed by atoms with Crippen LogP contribution in [-0.4, -0.2) is 35.4 Å². The first-order chi connectivity index (χ1) is 12.1. The predicted octanol–water partition coefficient (Wildman–Crippen LogP) is 2.70. The van der Waals surface area contributed by atoms with Crippen molar-refractivity contribution in [3.05, 3.63) is 58.9 Å². The highest BCUT2D eigenvalue weighted by molar-refractivity contribution is 5.95. The second kappa shape index (κ2) is 7.66. The first-order valence-corrected chi connectivity index (χ1v) is 8.70. The maximum Gasteiger partial charge on any atom is 0.253 e. The van der Waals surface area contributed by atoms with Crippen LogP contribution in [0.1, 0.15) is 33.5 Å². The number of hydrogen-bond donors (Lipinski definition) is 1. The van der Waals surface area contributed by atoms with E-state index in [2.05, 4.69) is 4.98 Å². The van der Waals surface area contributed by atoms with Crippen LogP contribution in [-0.2, 0) is 6.61 Å². The van der Waals surface area contributed by atoms with Crippen molar-refractivity contribution in [3.63, 3.8) is 0 Å². The van der Waals surface area contributed by atoms with Crippen LogP contribution in [0.2, 0.25) is 0 Å². The molecule has 1 saturated heterocycles. The Labute approximate surface area is 148 Å². The van der Waals surface area contributed by atoms with Crippen molar-refractivity contribution in [3.8, 4) is 5.75 Å². The fourth-order valence-electron chi connectivity index (χ4n) is 3.33. The Hall–Kier alpha value is -2.40. The van der Waals surface area contributed by atoms with Gasteiger partial charge in [-0.25, -0.2) is 0 Å². The van der Waals surface area contributed by atoms with Crippen LogP contribution in [0.4, 0.5) is 0 Å². The molecule has 1 atom stereocenters. The molecule has 0 bridgehead atoms. The fraction of sp³-hybridized carbons (Fsp3) is 0.400. The smallest absolute Gasteiger partial charge is 0.253 e. The summed E-state index contributed by atoms with van der Waals surface area (Å²) in [6.07, 6.45) is 4.53. The Morgan fingerprint density at radius 3 is 2.72 bits per heavy atom. The van der Waals surface area contributed by atoms with Crippen LogP contribution >= 0.6 is 0 Å². The molecule has 2 N–H and O–H groups in total. The quantitative estimate of drug-likeness (QED) is 0.909. The van der Waals surface area contributed by atoms with Gasteiger partial charge in [-0.15, -0.1) is 0 Å². The minimum Gasteiger partial charge on any atom is -0.488 e. The van der Waals surface area contributed by atoms with Crippen LogP contribution in [0.25, 0.3) is 0 Å². The zero-order chi connectivity index (χ0) is 17.8. The van der Waals surface area contributed by atoms with Gasteiger partial charge in [-0.2, -0.15) is 0 Å². The van der Waals surface area contributed by atoms with Gasteiger partial charge >= 0.3 is 0 Å². The summed E-state index contributed by atoms with van der Waals surface area (Å²) in [6.45, 7) is 6.62. The lowest BCUT2D eigenvalue weighted by Crippen LogP contribution is -2.30. The molecule has 0 saturated carbocycles. The predicted molar refractivity (Wildman–Crippen MR) is 97.5 cm³/mol. The van der Waals surface area contributed by atoms with E-state index in [0.717, 1.165) is 47.5 Å². The van der Waals surface area contributed by atoms with E-state index >= 15 is 0 Å². The molecule has 1 aromatic heterocycles. The van der Waals surface area contributed by atoms with Gasteiger partial charge in [0.05, 0.1) is 0 Å². The number of aromatic nitrogens is 1. The van der Waals surface area contributed by atoms with Gasteiger partial charge in [0, 0.05) is 36.6 Å². The SMILES string of the molecule is Cc1cc(C(=O)N2CCC(CN)C2)cc(C)c1OCc1cccnc1. The monoisotopic (exact) mass is 339 g/mol. The highest BCUT2D eigenvalue weighted by atomic mass is 16.5. The molecular weight excluding hydrogens is 314 g/mol. The van der Waals surface area contributed by atoms with Crippen molar-refractivity contribution in [2.45, 2.75) is 26.9 Å². The van der Waals surface area contributed by atoms with E-state index in [1.54, 1.807) is 12.4 Å². The van der Waals surface area contributed by atoms with Gasteiger partial charge in [0.15, 0.2) is 0 Å². The van der Waals surface area contributed by atoms with Crippen LogP contribution in [0.15, 0.2) is 36.7 Å². The van der Waals surface area contributed by atoms with Crippen LogP contribution in [0, 0.1) is 19.8 Å². The van der Waals surface area contributed by atoms with E-state index < -0.39 is 0 Å². The number of benzene rings is 1. The third kappa shape index (κ3) is 3.99. The molecule has 2 heterocycles. The number of pyridine rings is 1. The van der Waals surface area contributed by atoms with E-state index in [0.29, 0.717) is 19.1 Å². The number of aryl methyl sites for hydroxylation is 2. The minimum absolute atomic E-state index is 0.0842. The third-order valence-electron chi connectivity index (χ3n) is 4.72. The molecule has 0 spiro atoms. The molecule has 1 fully saturated rings. The normalized spacial score (nSPS) is 16.9. The maximum absolute atomic E-state index is 12.7. The lowest BCUT2D eigenvalue weighted by atomic mass is 10.0. The Morgan fingerprint density at radius 2 is 2.12 bits per heavy atom. The summed E-state index contributed by atoms with van der Waals surface area (Å²) in [7, 11) is 0. The minimum atomic E-state index is 0.0842. The van der Waals surface area contributed by atoms with Gasteiger partial charge < -0.3 is 15.4 Å². The molecule has 132 valence electrons. The maximum atomic E-state index is 12.7. The van der Waals surface area contributed by atoms with Crippen molar-refractivity contribution in [2.75, 3.05) is 19.6 Å². The molecule has 1 unspecified atom stereocenters. The summed E-state index contributed by atoms with van der Waals surface area (Å²) in [4.78, 5) is 18.7. The molecule has 5 nitrogen and oxygen atoms in total. The number of nitrogens with two attached hydrogens (primary N) is 1. The summed E-state index contributed by atoms with van der Waals surface area (Å²) >= 11 is 0. The number of hydrogen-bond acceptors (Lipinski definition) is 4. The zero-order valence-corrected chi connectivity index (χ0v) is 14.9. The van der Waals surface area contributed by atoms with Gasteiger partial charge in [0.2, 0.25) is 0 Å². The largest absolute Gasteiger partial charge is 0.488 e. The number of rotatable bonds is 5. The van der Waals surface area contributed by atoms with Gasteiger partial charge in [-0.05, 0) is 62.1 Å². The Balaban J connectivity index is 1.72. The molecule has 3 rings (SSSR count). The highest BCUT2D eigenvalue weighted by Crippen LogP contribution is 2.27. The average molecular weight is 339 g/mol.